The summed E-state index contributed by atoms with van der Waals surface area (Å²) in [6.07, 6.45) is 1.97. The molecule has 0 heterocycles. The lowest BCUT2D eigenvalue weighted by Gasteiger charge is -2.15. The van der Waals surface area contributed by atoms with E-state index in [0.717, 1.165) is 21.8 Å². The van der Waals surface area contributed by atoms with Gasteiger partial charge in [-0.05, 0) is 58.1 Å². The number of nitrogens with one attached hydrogen (secondary N) is 1. The van der Waals surface area contributed by atoms with Crippen LogP contribution in [0, 0.1) is 0 Å². The molecule has 0 unspecified atom stereocenters. The first-order chi connectivity index (χ1) is 10.6. The first kappa shape index (κ1) is 15.6. The van der Waals surface area contributed by atoms with Crippen molar-refractivity contribution in [1.82, 2.24) is 5.32 Å². The molecule has 1 amide bonds. The lowest BCUT2D eigenvalue weighted by atomic mass is 10.1. The topological polar surface area (TPSA) is 38.3 Å². The highest BCUT2D eigenvalue weighted by Crippen LogP contribution is 2.31. The van der Waals surface area contributed by atoms with Crippen LogP contribution in [-0.2, 0) is 11.2 Å². The first-order valence-corrected chi connectivity index (χ1v) is 8.67. The lowest BCUT2D eigenvalue weighted by Crippen LogP contribution is -2.31. The smallest absolute Gasteiger partial charge is 0.258 e. The zero-order valence-electron chi connectivity index (χ0n) is 11.8. The van der Waals surface area contributed by atoms with Crippen LogP contribution in [0.5, 0.6) is 5.75 Å². The molecule has 1 N–H and O–H groups in total. The quantitative estimate of drug-likeness (QED) is 0.790. The van der Waals surface area contributed by atoms with E-state index in [2.05, 4.69) is 49.3 Å². The summed E-state index contributed by atoms with van der Waals surface area (Å²) in [5.41, 5.74) is 2.55. The van der Waals surface area contributed by atoms with Gasteiger partial charge in [0.25, 0.3) is 5.91 Å². The van der Waals surface area contributed by atoms with Crippen LogP contribution < -0.4 is 10.1 Å². The van der Waals surface area contributed by atoms with Crippen molar-refractivity contribution in [2.75, 3.05) is 6.61 Å². The van der Waals surface area contributed by atoms with Crippen molar-refractivity contribution >= 4 is 37.8 Å². The highest BCUT2D eigenvalue weighted by atomic mass is 79.9. The molecule has 1 aliphatic carbocycles. The largest absolute Gasteiger partial charge is 0.483 e. The van der Waals surface area contributed by atoms with Gasteiger partial charge < -0.3 is 10.1 Å². The van der Waals surface area contributed by atoms with E-state index in [1.807, 2.05) is 30.3 Å². The summed E-state index contributed by atoms with van der Waals surface area (Å²) in [4.78, 5) is 12.1. The SMILES string of the molecule is O=C(COc1ccc(Br)cc1Br)N[C@H]1CCc2ccccc21. The van der Waals surface area contributed by atoms with Crippen LogP contribution in [0.1, 0.15) is 23.6 Å². The van der Waals surface area contributed by atoms with E-state index in [1.54, 1.807) is 0 Å². The van der Waals surface area contributed by atoms with Gasteiger partial charge in [0.1, 0.15) is 5.75 Å². The van der Waals surface area contributed by atoms with Crippen LogP contribution in [-0.4, -0.2) is 12.5 Å². The molecule has 0 saturated carbocycles. The maximum Gasteiger partial charge on any atom is 0.258 e. The average molecular weight is 425 g/mol. The number of carbonyl (C=O) groups is 1. The van der Waals surface area contributed by atoms with Crippen LogP contribution in [0.3, 0.4) is 0 Å². The van der Waals surface area contributed by atoms with E-state index in [-0.39, 0.29) is 18.6 Å². The highest BCUT2D eigenvalue weighted by Gasteiger charge is 2.23. The Morgan fingerprint density at radius 1 is 1.23 bits per heavy atom. The Morgan fingerprint density at radius 3 is 2.86 bits per heavy atom. The Labute approximate surface area is 146 Å². The first-order valence-electron chi connectivity index (χ1n) is 7.08. The van der Waals surface area contributed by atoms with Gasteiger partial charge in [-0.15, -0.1) is 0 Å². The van der Waals surface area contributed by atoms with Crippen molar-refractivity contribution in [3.63, 3.8) is 0 Å². The summed E-state index contributed by atoms with van der Waals surface area (Å²) in [5.74, 6) is 0.557. The van der Waals surface area contributed by atoms with E-state index in [9.17, 15) is 4.79 Å². The maximum atomic E-state index is 12.1. The van der Waals surface area contributed by atoms with Crippen LogP contribution in [0.4, 0.5) is 0 Å². The summed E-state index contributed by atoms with van der Waals surface area (Å²) >= 11 is 6.81. The van der Waals surface area contributed by atoms with Crippen LogP contribution in [0.15, 0.2) is 51.4 Å². The number of hydrogen-bond acceptors (Lipinski definition) is 2. The van der Waals surface area contributed by atoms with Crippen LogP contribution in [0.2, 0.25) is 0 Å². The van der Waals surface area contributed by atoms with Crippen molar-refractivity contribution in [2.45, 2.75) is 18.9 Å². The molecule has 0 bridgehead atoms. The summed E-state index contributed by atoms with van der Waals surface area (Å²) in [6, 6.07) is 13.9. The molecule has 1 atom stereocenters. The monoisotopic (exact) mass is 423 g/mol. The summed E-state index contributed by atoms with van der Waals surface area (Å²) in [5, 5.41) is 3.05. The number of carbonyl (C=O) groups excluding carboxylic acids is 1. The van der Waals surface area contributed by atoms with Gasteiger partial charge in [0.05, 0.1) is 10.5 Å². The molecule has 3 rings (SSSR count). The van der Waals surface area contributed by atoms with Crippen LogP contribution in [0.25, 0.3) is 0 Å². The molecule has 0 aromatic heterocycles. The Bertz CT molecular complexity index is 703. The van der Waals surface area contributed by atoms with E-state index in [0.29, 0.717) is 5.75 Å². The van der Waals surface area contributed by atoms with Crippen molar-refractivity contribution in [3.05, 3.63) is 62.5 Å². The summed E-state index contributed by atoms with van der Waals surface area (Å²) in [6.45, 7) is 0.0128. The molecule has 22 heavy (non-hydrogen) atoms. The fourth-order valence-electron chi connectivity index (χ4n) is 2.68. The standard InChI is InChI=1S/C17H15Br2NO2/c18-12-6-8-16(14(19)9-12)22-10-17(21)20-15-7-5-11-3-1-2-4-13(11)15/h1-4,6,8-9,15H,5,7,10H2,(H,20,21)/t15-/m0/s1. The minimum atomic E-state index is -0.100. The van der Waals surface area contributed by atoms with Gasteiger partial charge >= 0.3 is 0 Å². The molecule has 0 fully saturated rings. The minimum absolute atomic E-state index is 0.0128. The molecular weight excluding hydrogens is 410 g/mol. The van der Waals surface area contributed by atoms with E-state index < -0.39 is 0 Å². The lowest BCUT2D eigenvalue weighted by molar-refractivity contribution is -0.123. The fourth-order valence-corrected chi connectivity index (χ4v) is 3.84. The molecule has 2 aromatic rings. The van der Waals surface area contributed by atoms with Crippen LogP contribution >= 0.6 is 31.9 Å². The number of benzene rings is 2. The Balaban J connectivity index is 1.57. The average Bonchev–Trinajstić information content (AvgIpc) is 2.90. The molecule has 0 aliphatic heterocycles. The molecule has 0 saturated heterocycles. The van der Waals surface area contributed by atoms with Gasteiger partial charge in [0.15, 0.2) is 6.61 Å². The maximum absolute atomic E-state index is 12.1. The fraction of sp³-hybridized carbons (Fsp3) is 0.235. The normalized spacial score (nSPS) is 16.2. The Kier molecular flexibility index (Phi) is 4.84. The van der Waals surface area contributed by atoms with E-state index in [4.69, 9.17) is 4.74 Å². The second-order valence-corrected chi connectivity index (χ2v) is 6.99. The summed E-state index contributed by atoms with van der Waals surface area (Å²) < 4.78 is 7.35. The second kappa shape index (κ2) is 6.84. The Hall–Kier alpha value is -1.33. The zero-order chi connectivity index (χ0) is 15.5. The van der Waals surface area contributed by atoms with Crippen molar-refractivity contribution in [2.24, 2.45) is 0 Å². The minimum Gasteiger partial charge on any atom is -0.483 e. The van der Waals surface area contributed by atoms with E-state index in [1.165, 1.54) is 11.1 Å². The number of fused-ring (bicyclic) bond motifs is 1. The third kappa shape index (κ3) is 3.52. The number of amides is 1. The third-order valence-corrected chi connectivity index (χ3v) is 4.83. The number of hydrogen-bond donors (Lipinski definition) is 1. The molecule has 5 heteroatoms. The number of aryl methyl sites for hydroxylation is 1. The number of halogens is 2. The van der Waals surface area contributed by atoms with Gasteiger partial charge in [0, 0.05) is 4.47 Å². The third-order valence-electron chi connectivity index (χ3n) is 3.72. The van der Waals surface area contributed by atoms with Gasteiger partial charge in [0.2, 0.25) is 0 Å². The predicted molar refractivity (Wildman–Crippen MR) is 93.0 cm³/mol. The summed E-state index contributed by atoms with van der Waals surface area (Å²) in [7, 11) is 0. The second-order valence-electron chi connectivity index (χ2n) is 5.22. The predicted octanol–water partition coefficient (Wildman–Crippen LogP) is 4.39. The van der Waals surface area contributed by atoms with Gasteiger partial charge in [-0.1, -0.05) is 40.2 Å². The molecule has 114 valence electrons. The van der Waals surface area contributed by atoms with Crippen molar-refractivity contribution < 1.29 is 9.53 Å². The van der Waals surface area contributed by atoms with Gasteiger partial charge in [-0.3, -0.25) is 4.79 Å². The molecule has 1 aliphatic rings. The zero-order valence-corrected chi connectivity index (χ0v) is 15.0. The number of rotatable bonds is 4. The molecule has 0 spiro atoms. The van der Waals surface area contributed by atoms with Crippen molar-refractivity contribution in [1.29, 1.82) is 0 Å². The molecule has 0 radical (unpaired) electrons. The van der Waals surface area contributed by atoms with E-state index >= 15 is 0 Å². The highest BCUT2D eigenvalue weighted by molar-refractivity contribution is 9.11. The molecular formula is C17H15Br2NO2. The van der Waals surface area contributed by atoms with Gasteiger partial charge in [-0.25, -0.2) is 0 Å². The number of ether oxygens (including phenoxy) is 1. The van der Waals surface area contributed by atoms with Gasteiger partial charge in [-0.2, -0.15) is 0 Å². The molecule has 2 aromatic carbocycles. The van der Waals surface area contributed by atoms with Crippen molar-refractivity contribution in [3.8, 4) is 5.75 Å². The Morgan fingerprint density at radius 2 is 2.05 bits per heavy atom. The molecule has 3 nitrogen and oxygen atoms in total.